The van der Waals surface area contributed by atoms with Gasteiger partial charge in [0.1, 0.15) is 12.0 Å². The highest BCUT2D eigenvalue weighted by Gasteiger charge is 2.11. The number of rotatable bonds is 2. The smallest absolute Gasteiger partial charge is 0.317 e. The van der Waals surface area contributed by atoms with Gasteiger partial charge in [-0.1, -0.05) is 17.3 Å². The van der Waals surface area contributed by atoms with Crippen LogP contribution in [0.2, 0.25) is 0 Å². The molecule has 0 spiro atoms. The average molecular weight is 257 g/mol. The zero-order valence-corrected chi connectivity index (χ0v) is 10.2. The summed E-state index contributed by atoms with van der Waals surface area (Å²) in [5.74, 6) is 0. The lowest BCUT2D eigenvalue weighted by atomic mass is 10.2. The second-order valence-electron chi connectivity index (χ2n) is 4.23. The summed E-state index contributed by atoms with van der Waals surface area (Å²) in [7, 11) is 1.59. The Bertz CT molecular complexity index is 844. The molecule has 0 bridgehead atoms. The first-order chi connectivity index (χ1) is 9.18. The minimum atomic E-state index is -0.566. The van der Waals surface area contributed by atoms with Crippen molar-refractivity contribution in [2.75, 3.05) is 0 Å². The van der Waals surface area contributed by atoms with Crippen LogP contribution in [0.1, 0.15) is 5.69 Å². The van der Waals surface area contributed by atoms with E-state index in [-0.39, 0.29) is 6.54 Å². The van der Waals surface area contributed by atoms with E-state index in [1.165, 1.54) is 15.4 Å². The molecule has 2 heterocycles. The standard InChI is InChI=1S/C13H11N3O3/c1-15-10-4-2-3-5-11(10)16(13(18)12(15)17)8-9-6-7-19-14-9/h2-7H,8H2,1H3. The number of nitrogens with zero attached hydrogens (tertiary/aromatic N) is 3. The fourth-order valence-corrected chi connectivity index (χ4v) is 2.09. The monoisotopic (exact) mass is 257 g/mol. The van der Waals surface area contributed by atoms with Crippen molar-refractivity contribution >= 4 is 11.0 Å². The molecule has 2 aromatic heterocycles. The molecule has 0 fully saturated rings. The van der Waals surface area contributed by atoms with Gasteiger partial charge in [-0.25, -0.2) is 0 Å². The molecule has 0 saturated carbocycles. The normalized spacial score (nSPS) is 11.0. The van der Waals surface area contributed by atoms with E-state index in [1.54, 1.807) is 25.2 Å². The zero-order chi connectivity index (χ0) is 13.4. The van der Waals surface area contributed by atoms with Crippen LogP contribution in [0.3, 0.4) is 0 Å². The molecule has 0 aliphatic rings. The molecule has 0 aliphatic carbocycles. The summed E-state index contributed by atoms with van der Waals surface area (Å²) in [6.45, 7) is 0.214. The third-order valence-electron chi connectivity index (χ3n) is 3.08. The van der Waals surface area contributed by atoms with Crippen molar-refractivity contribution in [3.8, 4) is 0 Å². The first-order valence-electron chi connectivity index (χ1n) is 5.76. The van der Waals surface area contributed by atoms with Gasteiger partial charge in [0.05, 0.1) is 17.6 Å². The Balaban J connectivity index is 2.34. The van der Waals surface area contributed by atoms with Crippen molar-refractivity contribution in [3.63, 3.8) is 0 Å². The topological polar surface area (TPSA) is 70.0 Å². The summed E-state index contributed by atoms with van der Waals surface area (Å²) < 4.78 is 7.51. The maximum absolute atomic E-state index is 12.1. The highest BCUT2D eigenvalue weighted by molar-refractivity contribution is 5.75. The highest BCUT2D eigenvalue weighted by Crippen LogP contribution is 2.10. The Morgan fingerprint density at radius 2 is 1.84 bits per heavy atom. The quantitative estimate of drug-likeness (QED) is 0.635. The van der Waals surface area contributed by atoms with Crippen LogP contribution in [0.15, 0.2) is 50.7 Å². The second-order valence-corrected chi connectivity index (χ2v) is 4.23. The SMILES string of the molecule is Cn1c(=O)c(=O)n(Cc2ccon2)c2ccccc21. The van der Waals surface area contributed by atoms with E-state index in [0.717, 1.165) is 0 Å². The molecule has 3 rings (SSSR count). The average Bonchev–Trinajstić information content (AvgIpc) is 2.94. The Morgan fingerprint density at radius 1 is 1.11 bits per heavy atom. The van der Waals surface area contributed by atoms with Gasteiger partial charge < -0.3 is 9.09 Å². The first kappa shape index (κ1) is 11.5. The van der Waals surface area contributed by atoms with Crippen molar-refractivity contribution in [1.29, 1.82) is 0 Å². The van der Waals surface area contributed by atoms with E-state index in [1.807, 2.05) is 12.1 Å². The summed E-state index contributed by atoms with van der Waals surface area (Å²) in [6, 6.07) is 8.92. The second kappa shape index (κ2) is 4.24. The summed E-state index contributed by atoms with van der Waals surface area (Å²) in [5.41, 5.74) is 0.875. The van der Waals surface area contributed by atoms with Crippen molar-refractivity contribution in [2.24, 2.45) is 7.05 Å². The third kappa shape index (κ3) is 1.77. The summed E-state index contributed by atoms with van der Waals surface area (Å²) >= 11 is 0. The van der Waals surface area contributed by atoms with E-state index in [0.29, 0.717) is 16.7 Å². The molecule has 0 N–H and O–H groups in total. The number of aryl methyl sites for hydroxylation is 1. The lowest BCUT2D eigenvalue weighted by Crippen LogP contribution is -2.40. The molecule has 3 aromatic rings. The van der Waals surface area contributed by atoms with Crippen LogP contribution in [0.25, 0.3) is 11.0 Å². The number of hydrogen-bond donors (Lipinski definition) is 0. The molecule has 19 heavy (non-hydrogen) atoms. The van der Waals surface area contributed by atoms with Crippen molar-refractivity contribution in [3.05, 3.63) is 63.0 Å². The van der Waals surface area contributed by atoms with Gasteiger partial charge in [-0.15, -0.1) is 0 Å². The van der Waals surface area contributed by atoms with Gasteiger partial charge in [-0.2, -0.15) is 0 Å². The van der Waals surface area contributed by atoms with E-state index in [4.69, 9.17) is 4.52 Å². The number of aromatic nitrogens is 3. The molecular formula is C13H11N3O3. The van der Waals surface area contributed by atoms with E-state index >= 15 is 0 Å². The fourth-order valence-electron chi connectivity index (χ4n) is 2.09. The third-order valence-corrected chi connectivity index (χ3v) is 3.08. The largest absolute Gasteiger partial charge is 0.364 e. The van der Waals surface area contributed by atoms with Gasteiger partial charge in [0.25, 0.3) is 0 Å². The summed E-state index contributed by atoms with van der Waals surface area (Å²) in [4.78, 5) is 24.0. The molecule has 0 amide bonds. The maximum atomic E-state index is 12.1. The Hall–Kier alpha value is -2.63. The Labute approximate surface area is 107 Å². The summed E-state index contributed by atoms with van der Waals surface area (Å²) in [6.07, 6.45) is 1.43. The Kier molecular flexibility index (Phi) is 2.56. The van der Waals surface area contributed by atoms with Crippen molar-refractivity contribution < 1.29 is 4.52 Å². The number of fused-ring (bicyclic) bond motifs is 1. The predicted molar refractivity (Wildman–Crippen MR) is 69.1 cm³/mol. The van der Waals surface area contributed by atoms with Crippen LogP contribution in [-0.4, -0.2) is 14.3 Å². The van der Waals surface area contributed by atoms with Crippen molar-refractivity contribution in [1.82, 2.24) is 14.3 Å². The number of hydrogen-bond acceptors (Lipinski definition) is 4. The predicted octanol–water partition coefficient (Wildman–Crippen LogP) is 0.736. The van der Waals surface area contributed by atoms with Gasteiger partial charge >= 0.3 is 11.1 Å². The molecule has 0 atom stereocenters. The van der Waals surface area contributed by atoms with Gasteiger partial charge in [0, 0.05) is 13.1 Å². The minimum Gasteiger partial charge on any atom is -0.364 e. The molecule has 1 aromatic carbocycles. The molecule has 0 radical (unpaired) electrons. The maximum Gasteiger partial charge on any atom is 0.317 e. The minimum absolute atomic E-state index is 0.214. The molecule has 6 nitrogen and oxygen atoms in total. The zero-order valence-electron chi connectivity index (χ0n) is 10.2. The van der Waals surface area contributed by atoms with Crippen molar-refractivity contribution in [2.45, 2.75) is 6.54 Å². The lowest BCUT2D eigenvalue weighted by Gasteiger charge is -2.10. The summed E-state index contributed by atoms with van der Waals surface area (Å²) in [5, 5.41) is 3.77. The van der Waals surface area contributed by atoms with Crippen LogP contribution in [0.4, 0.5) is 0 Å². The molecule has 6 heteroatoms. The molecule has 0 aliphatic heterocycles. The number of para-hydroxylation sites is 2. The number of benzene rings is 1. The van der Waals surface area contributed by atoms with Crippen LogP contribution in [0.5, 0.6) is 0 Å². The molecular weight excluding hydrogens is 246 g/mol. The van der Waals surface area contributed by atoms with Crippen LogP contribution in [0, 0.1) is 0 Å². The molecule has 0 saturated heterocycles. The lowest BCUT2D eigenvalue weighted by molar-refractivity contribution is 0.409. The van der Waals surface area contributed by atoms with Crippen LogP contribution < -0.4 is 11.1 Å². The van der Waals surface area contributed by atoms with E-state index in [2.05, 4.69) is 5.16 Å². The fraction of sp³-hybridized carbons (Fsp3) is 0.154. The first-order valence-corrected chi connectivity index (χ1v) is 5.76. The highest BCUT2D eigenvalue weighted by atomic mass is 16.5. The van der Waals surface area contributed by atoms with E-state index < -0.39 is 11.1 Å². The van der Waals surface area contributed by atoms with Gasteiger partial charge in [-0.3, -0.25) is 14.2 Å². The molecule has 96 valence electrons. The van der Waals surface area contributed by atoms with Crippen LogP contribution >= 0.6 is 0 Å². The molecule has 0 unspecified atom stereocenters. The van der Waals surface area contributed by atoms with Gasteiger partial charge in [-0.05, 0) is 12.1 Å². The van der Waals surface area contributed by atoms with E-state index in [9.17, 15) is 9.59 Å². The Morgan fingerprint density at radius 3 is 2.53 bits per heavy atom. The van der Waals surface area contributed by atoms with Gasteiger partial charge in [0.15, 0.2) is 0 Å². The van der Waals surface area contributed by atoms with Gasteiger partial charge in [0.2, 0.25) is 0 Å². The van der Waals surface area contributed by atoms with Crippen LogP contribution in [-0.2, 0) is 13.6 Å².